The molecule has 0 bridgehead atoms. The van der Waals surface area contributed by atoms with Crippen molar-refractivity contribution in [3.8, 4) is 0 Å². The Morgan fingerprint density at radius 1 is 1.53 bits per heavy atom. The first kappa shape index (κ1) is 11.6. The number of hydrogen-bond donors (Lipinski definition) is 1. The van der Waals surface area contributed by atoms with E-state index in [9.17, 15) is 9.90 Å². The van der Waals surface area contributed by atoms with Gasteiger partial charge in [0.2, 0.25) is 0 Å². The van der Waals surface area contributed by atoms with Gasteiger partial charge in [0.25, 0.3) is 0 Å². The monoisotopic (exact) mass is 234 g/mol. The van der Waals surface area contributed by atoms with Gasteiger partial charge in [-0.25, -0.2) is 9.78 Å². The van der Waals surface area contributed by atoms with E-state index >= 15 is 0 Å². The van der Waals surface area contributed by atoms with Gasteiger partial charge in [-0.05, 0) is 24.6 Å². The molecule has 0 fully saturated rings. The lowest BCUT2D eigenvalue weighted by Crippen LogP contribution is -2.13. The second-order valence-corrected chi connectivity index (χ2v) is 3.89. The predicted molar refractivity (Wildman–Crippen MR) is 62.4 cm³/mol. The highest BCUT2D eigenvalue weighted by atomic mass is 16.5. The number of ether oxygens (including phenoxy) is 1. The number of benzene rings is 1. The molecule has 0 radical (unpaired) electrons. The van der Waals surface area contributed by atoms with Gasteiger partial charge in [-0.15, -0.1) is 0 Å². The van der Waals surface area contributed by atoms with Crippen LogP contribution < -0.4 is 0 Å². The van der Waals surface area contributed by atoms with Crippen LogP contribution in [0.1, 0.15) is 17.5 Å². The summed E-state index contributed by atoms with van der Waals surface area (Å²) in [5, 5.41) is 9.74. The molecule has 0 saturated heterocycles. The fourth-order valence-corrected chi connectivity index (χ4v) is 1.75. The first-order valence-electron chi connectivity index (χ1n) is 5.23. The summed E-state index contributed by atoms with van der Waals surface area (Å²) in [6.07, 6.45) is -1.25. The molecule has 2 aromatic rings. The topological polar surface area (TPSA) is 64.3 Å². The maximum Gasteiger partial charge on any atom is 0.339 e. The van der Waals surface area contributed by atoms with Crippen LogP contribution in [0.5, 0.6) is 0 Å². The SMILES string of the molecule is COC(=O)C(O)c1ccc2nc(C)n(C)c2c1. The number of methoxy groups -OCH3 is 1. The van der Waals surface area contributed by atoms with Crippen molar-refractivity contribution in [3.63, 3.8) is 0 Å². The minimum atomic E-state index is -1.25. The van der Waals surface area contributed by atoms with Gasteiger partial charge in [-0.1, -0.05) is 6.07 Å². The number of esters is 1. The molecular formula is C12H14N2O3. The number of fused-ring (bicyclic) bond motifs is 1. The number of imidazole rings is 1. The van der Waals surface area contributed by atoms with Gasteiger partial charge in [-0.3, -0.25) is 0 Å². The van der Waals surface area contributed by atoms with Crippen molar-refractivity contribution in [1.29, 1.82) is 0 Å². The van der Waals surface area contributed by atoms with E-state index in [0.717, 1.165) is 16.9 Å². The van der Waals surface area contributed by atoms with Crippen LogP contribution in [0.4, 0.5) is 0 Å². The molecule has 1 N–H and O–H groups in total. The molecule has 90 valence electrons. The van der Waals surface area contributed by atoms with Crippen molar-refractivity contribution in [3.05, 3.63) is 29.6 Å². The van der Waals surface area contributed by atoms with Crippen LogP contribution in [-0.4, -0.2) is 27.7 Å². The molecule has 0 saturated carbocycles. The Morgan fingerprint density at radius 3 is 2.88 bits per heavy atom. The van der Waals surface area contributed by atoms with E-state index in [0.29, 0.717) is 5.56 Å². The summed E-state index contributed by atoms with van der Waals surface area (Å²) < 4.78 is 6.41. The fourth-order valence-electron chi connectivity index (χ4n) is 1.75. The zero-order valence-corrected chi connectivity index (χ0v) is 9.97. The van der Waals surface area contributed by atoms with Gasteiger partial charge in [-0.2, -0.15) is 0 Å². The van der Waals surface area contributed by atoms with Gasteiger partial charge < -0.3 is 14.4 Å². The number of aliphatic hydroxyl groups excluding tert-OH is 1. The van der Waals surface area contributed by atoms with E-state index in [4.69, 9.17) is 0 Å². The summed E-state index contributed by atoms with van der Waals surface area (Å²) in [5.74, 6) is 0.216. The smallest absolute Gasteiger partial charge is 0.339 e. The zero-order chi connectivity index (χ0) is 12.6. The van der Waals surface area contributed by atoms with Gasteiger partial charge in [0.1, 0.15) is 5.82 Å². The summed E-state index contributed by atoms with van der Waals surface area (Å²) in [4.78, 5) is 15.6. The minimum absolute atomic E-state index is 0.507. The highest BCUT2D eigenvalue weighted by molar-refractivity contribution is 5.81. The second kappa shape index (κ2) is 4.18. The van der Waals surface area contributed by atoms with E-state index in [2.05, 4.69) is 9.72 Å². The van der Waals surface area contributed by atoms with Crippen LogP contribution in [0.3, 0.4) is 0 Å². The van der Waals surface area contributed by atoms with Crippen molar-refractivity contribution in [2.45, 2.75) is 13.0 Å². The summed E-state index contributed by atoms with van der Waals surface area (Å²) >= 11 is 0. The molecule has 5 heteroatoms. The van der Waals surface area contributed by atoms with Crippen LogP contribution in [0.25, 0.3) is 11.0 Å². The molecule has 0 aliphatic rings. The van der Waals surface area contributed by atoms with Gasteiger partial charge >= 0.3 is 5.97 Å². The Hall–Kier alpha value is -1.88. The molecule has 0 aliphatic carbocycles. The van der Waals surface area contributed by atoms with Crippen LogP contribution in [-0.2, 0) is 16.6 Å². The first-order valence-corrected chi connectivity index (χ1v) is 5.23. The van der Waals surface area contributed by atoms with Gasteiger partial charge in [0.15, 0.2) is 6.10 Å². The number of hydrogen-bond acceptors (Lipinski definition) is 4. The number of aromatic nitrogens is 2. The second-order valence-electron chi connectivity index (χ2n) is 3.89. The highest BCUT2D eigenvalue weighted by Crippen LogP contribution is 2.21. The van der Waals surface area contributed by atoms with Gasteiger partial charge in [0, 0.05) is 7.05 Å². The van der Waals surface area contributed by atoms with Crippen molar-refractivity contribution >= 4 is 17.0 Å². The molecule has 0 spiro atoms. The average Bonchev–Trinajstić information content (AvgIpc) is 2.63. The maximum atomic E-state index is 11.2. The van der Waals surface area contributed by atoms with Crippen molar-refractivity contribution in [2.75, 3.05) is 7.11 Å². The lowest BCUT2D eigenvalue weighted by atomic mass is 10.1. The van der Waals surface area contributed by atoms with Crippen LogP contribution in [0.15, 0.2) is 18.2 Å². The number of rotatable bonds is 2. The first-order chi connectivity index (χ1) is 8.04. The van der Waals surface area contributed by atoms with E-state index in [1.165, 1.54) is 7.11 Å². The predicted octanol–water partition coefficient (Wildman–Crippen LogP) is 1.09. The Morgan fingerprint density at radius 2 is 2.24 bits per heavy atom. The van der Waals surface area contributed by atoms with Crippen LogP contribution >= 0.6 is 0 Å². The standard InChI is InChI=1S/C12H14N2O3/c1-7-13-9-5-4-8(6-10(9)14(7)2)11(15)12(16)17-3/h4-6,11,15H,1-3H3. The number of aliphatic hydroxyl groups is 1. The molecule has 0 aliphatic heterocycles. The number of carbonyl (C=O) groups is 1. The summed E-state index contributed by atoms with van der Waals surface area (Å²) in [6.45, 7) is 1.90. The quantitative estimate of drug-likeness (QED) is 0.790. The summed E-state index contributed by atoms with van der Waals surface area (Å²) in [5.41, 5.74) is 2.22. The highest BCUT2D eigenvalue weighted by Gasteiger charge is 2.18. The molecule has 1 heterocycles. The van der Waals surface area contributed by atoms with Crippen LogP contribution in [0, 0.1) is 6.92 Å². The van der Waals surface area contributed by atoms with Crippen LogP contribution in [0.2, 0.25) is 0 Å². The average molecular weight is 234 g/mol. The lowest BCUT2D eigenvalue weighted by molar-refractivity contribution is -0.150. The largest absolute Gasteiger partial charge is 0.467 e. The molecule has 2 rings (SSSR count). The number of aryl methyl sites for hydroxylation is 2. The van der Waals surface area contributed by atoms with E-state index in [1.807, 2.05) is 18.5 Å². The van der Waals surface area contributed by atoms with E-state index < -0.39 is 12.1 Å². The van der Waals surface area contributed by atoms with E-state index in [1.54, 1.807) is 18.2 Å². The Kier molecular flexibility index (Phi) is 2.85. The number of nitrogens with zero attached hydrogens (tertiary/aromatic N) is 2. The third-order valence-electron chi connectivity index (χ3n) is 2.87. The van der Waals surface area contributed by atoms with Crippen molar-refractivity contribution in [2.24, 2.45) is 7.05 Å². The molecule has 1 aromatic carbocycles. The Labute approximate surface area is 98.6 Å². The molecule has 0 amide bonds. The maximum absolute atomic E-state index is 11.2. The van der Waals surface area contributed by atoms with Crippen molar-refractivity contribution < 1.29 is 14.6 Å². The third kappa shape index (κ3) is 1.89. The number of carbonyl (C=O) groups excluding carboxylic acids is 1. The van der Waals surface area contributed by atoms with Gasteiger partial charge in [0.05, 0.1) is 18.1 Å². The molecular weight excluding hydrogens is 220 g/mol. The normalized spacial score (nSPS) is 12.7. The minimum Gasteiger partial charge on any atom is -0.467 e. The Balaban J connectivity index is 2.50. The summed E-state index contributed by atoms with van der Waals surface area (Å²) in [7, 11) is 3.14. The molecule has 17 heavy (non-hydrogen) atoms. The molecule has 5 nitrogen and oxygen atoms in total. The van der Waals surface area contributed by atoms with Crippen molar-refractivity contribution in [1.82, 2.24) is 9.55 Å². The lowest BCUT2D eigenvalue weighted by Gasteiger charge is -2.08. The Bertz CT molecular complexity index is 574. The zero-order valence-electron chi connectivity index (χ0n) is 9.97. The fraction of sp³-hybridized carbons (Fsp3) is 0.333. The van der Waals surface area contributed by atoms with E-state index in [-0.39, 0.29) is 0 Å². The molecule has 1 atom stereocenters. The molecule has 1 unspecified atom stereocenters. The summed E-state index contributed by atoms with van der Waals surface area (Å²) in [6, 6.07) is 5.21. The third-order valence-corrected chi connectivity index (χ3v) is 2.87. The molecule has 1 aromatic heterocycles.